The maximum Gasteiger partial charge on any atom is 0.321 e. The van der Waals surface area contributed by atoms with Gasteiger partial charge in [-0.1, -0.05) is 23.8 Å². The maximum absolute atomic E-state index is 12.0. The van der Waals surface area contributed by atoms with Crippen LogP contribution >= 0.6 is 0 Å². The molecule has 2 saturated heterocycles. The minimum absolute atomic E-state index is 0.0112. The van der Waals surface area contributed by atoms with Crippen LogP contribution in [-0.4, -0.2) is 23.9 Å². The molecule has 0 aromatic heterocycles. The zero-order valence-electron chi connectivity index (χ0n) is 12.4. The van der Waals surface area contributed by atoms with Crippen LogP contribution in [0.25, 0.3) is 0 Å². The molecule has 3 aliphatic rings. The van der Waals surface area contributed by atoms with Crippen molar-refractivity contribution >= 4 is 23.9 Å². The molecule has 4 rings (SSSR count). The van der Waals surface area contributed by atoms with E-state index in [1.54, 1.807) is 0 Å². The number of hydrogen-bond acceptors (Lipinski definition) is 6. The monoisotopic (exact) mass is 314 g/mol. The third-order valence-corrected chi connectivity index (χ3v) is 5.03. The molecule has 0 spiro atoms. The summed E-state index contributed by atoms with van der Waals surface area (Å²) < 4.78 is 9.46. The van der Waals surface area contributed by atoms with E-state index in [2.05, 4.69) is 4.74 Å². The van der Waals surface area contributed by atoms with Gasteiger partial charge in [0.2, 0.25) is 0 Å². The second-order valence-electron chi connectivity index (χ2n) is 6.40. The van der Waals surface area contributed by atoms with E-state index in [4.69, 9.17) is 4.74 Å². The first-order chi connectivity index (χ1) is 11.0. The molecule has 1 aromatic rings. The van der Waals surface area contributed by atoms with Crippen molar-refractivity contribution < 1.29 is 28.7 Å². The number of ether oxygens (including phenoxy) is 2. The highest BCUT2D eigenvalue weighted by Gasteiger charge is 2.53. The topological polar surface area (TPSA) is 86.7 Å². The number of aryl methyl sites for hydroxylation is 1. The first kappa shape index (κ1) is 14.1. The zero-order chi connectivity index (χ0) is 16.3. The third-order valence-electron chi connectivity index (χ3n) is 5.03. The Morgan fingerprint density at radius 1 is 0.870 bits per heavy atom. The van der Waals surface area contributed by atoms with E-state index in [0.717, 1.165) is 16.7 Å². The van der Waals surface area contributed by atoms with Gasteiger partial charge in [0.1, 0.15) is 0 Å². The summed E-state index contributed by atoms with van der Waals surface area (Å²) in [5, 5.41) is 0. The first-order valence-electron chi connectivity index (χ1n) is 7.56. The van der Waals surface area contributed by atoms with Crippen molar-refractivity contribution in [3.63, 3.8) is 0 Å². The Hall–Kier alpha value is -2.50. The Labute approximate surface area is 131 Å². The first-order valence-corrected chi connectivity index (χ1v) is 7.56. The van der Waals surface area contributed by atoms with Gasteiger partial charge in [0, 0.05) is 0 Å². The molecule has 0 bridgehead atoms. The molecule has 4 atom stereocenters. The van der Waals surface area contributed by atoms with E-state index in [1.165, 1.54) is 0 Å². The van der Waals surface area contributed by atoms with Gasteiger partial charge in [-0.2, -0.15) is 0 Å². The molecule has 0 saturated carbocycles. The number of benzene rings is 1. The molecule has 2 heterocycles. The van der Waals surface area contributed by atoms with Crippen LogP contribution in [-0.2, 0) is 28.7 Å². The second kappa shape index (κ2) is 4.75. The number of fused-ring (bicyclic) bond motifs is 3. The Balaban J connectivity index is 1.84. The summed E-state index contributed by atoms with van der Waals surface area (Å²) >= 11 is 0. The van der Waals surface area contributed by atoms with E-state index < -0.39 is 41.6 Å². The average molecular weight is 314 g/mol. The van der Waals surface area contributed by atoms with Gasteiger partial charge < -0.3 is 9.47 Å². The summed E-state index contributed by atoms with van der Waals surface area (Å²) in [6.07, 6.45) is 0.329. The molecule has 6 heteroatoms. The Kier molecular flexibility index (Phi) is 2.91. The number of carbonyl (C=O) groups is 4. The second-order valence-corrected chi connectivity index (χ2v) is 6.40. The van der Waals surface area contributed by atoms with Crippen LogP contribution in [0.3, 0.4) is 0 Å². The smallest absolute Gasteiger partial charge is 0.321 e. The summed E-state index contributed by atoms with van der Waals surface area (Å²) in [6, 6.07) is 5.60. The summed E-state index contributed by atoms with van der Waals surface area (Å²) in [5.74, 6) is -4.29. The number of esters is 4. The standard InChI is InChI=1S/C17H14O6/c1-7-2-3-8-9(4-7)10(11-6-13(18)22-15(11)19)5-12-14(8)17(21)23-16(12)20/h2-4,10-12,14H,5-6H2,1H3. The normalized spacial score (nSPS) is 32.4. The molecule has 0 radical (unpaired) electrons. The molecule has 1 aromatic carbocycles. The Morgan fingerprint density at radius 2 is 1.61 bits per heavy atom. The highest BCUT2D eigenvalue weighted by atomic mass is 16.6. The van der Waals surface area contributed by atoms with Crippen LogP contribution in [0.1, 0.15) is 41.4 Å². The predicted molar refractivity (Wildman–Crippen MR) is 75.1 cm³/mol. The number of hydrogen-bond donors (Lipinski definition) is 0. The van der Waals surface area contributed by atoms with Crippen molar-refractivity contribution in [3.8, 4) is 0 Å². The van der Waals surface area contributed by atoms with Crippen molar-refractivity contribution in [1.29, 1.82) is 0 Å². The molecule has 6 nitrogen and oxygen atoms in total. The maximum atomic E-state index is 12.0. The lowest BCUT2D eigenvalue weighted by atomic mass is 9.67. The third kappa shape index (κ3) is 2.01. The molecule has 0 N–H and O–H groups in total. The molecule has 2 fully saturated rings. The van der Waals surface area contributed by atoms with Crippen LogP contribution in [0.2, 0.25) is 0 Å². The molecule has 118 valence electrons. The molecule has 0 amide bonds. The summed E-state index contributed by atoms with van der Waals surface area (Å²) in [6.45, 7) is 1.92. The Morgan fingerprint density at radius 3 is 2.30 bits per heavy atom. The number of carbonyl (C=O) groups excluding carboxylic acids is 4. The highest BCUT2D eigenvalue weighted by molar-refractivity contribution is 6.01. The lowest BCUT2D eigenvalue weighted by molar-refractivity contribution is -0.155. The minimum atomic E-state index is -0.609. The van der Waals surface area contributed by atoms with Crippen molar-refractivity contribution in [1.82, 2.24) is 0 Å². The van der Waals surface area contributed by atoms with E-state index in [-0.39, 0.29) is 12.3 Å². The fraction of sp³-hybridized carbons (Fsp3) is 0.412. The van der Waals surface area contributed by atoms with Crippen molar-refractivity contribution in [2.45, 2.75) is 31.6 Å². The van der Waals surface area contributed by atoms with Crippen LogP contribution in [0, 0.1) is 18.8 Å². The SMILES string of the molecule is Cc1ccc2c(c1)C(C1CC(=O)OC1=O)CC1C(=O)OC(=O)C21. The van der Waals surface area contributed by atoms with Crippen LogP contribution in [0.5, 0.6) is 0 Å². The zero-order valence-corrected chi connectivity index (χ0v) is 12.4. The van der Waals surface area contributed by atoms with E-state index in [9.17, 15) is 19.2 Å². The van der Waals surface area contributed by atoms with Crippen molar-refractivity contribution in [3.05, 3.63) is 34.9 Å². The van der Waals surface area contributed by atoms with E-state index >= 15 is 0 Å². The van der Waals surface area contributed by atoms with Gasteiger partial charge in [0.05, 0.1) is 24.2 Å². The van der Waals surface area contributed by atoms with Crippen LogP contribution < -0.4 is 0 Å². The van der Waals surface area contributed by atoms with Gasteiger partial charge >= 0.3 is 23.9 Å². The molecular formula is C17H14O6. The van der Waals surface area contributed by atoms with Gasteiger partial charge in [-0.15, -0.1) is 0 Å². The fourth-order valence-corrected chi connectivity index (χ4v) is 3.99. The summed E-state index contributed by atoms with van der Waals surface area (Å²) in [4.78, 5) is 47.4. The van der Waals surface area contributed by atoms with E-state index in [1.807, 2.05) is 25.1 Å². The average Bonchev–Trinajstić information content (AvgIpc) is 2.97. The molecule has 23 heavy (non-hydrogen) atoms. The van der Waals surface area contributed by atoms with Gasteiger partial charge in [0.15, 0.2) is 0 Å². The van der Waals surface area contributed by atoms with E-state index in [0.29, 0.717) is 6.42 Å². The van der Waals surface area contributed by atoms with Crippen molar-refractivity contribution in [2.75, 3.05) is 0 Å². The highest BCUT2D eigenvalue weighted by Crippen LogP contribution is 2.51. The van der Waals surface area contributed by atoms with Gasteiger partial charge in [-0.25, -0.2) is 0 Å². The largest absolute Gasteiger partial charge is 0.393 e. The van der Waals surface area contributed by atoms with Gasteiger partial charge in [0.25, 0.3) is 0 Å². The molecule has 1 aliphatic carbocycles. The van der Waals surface area contributed by atoms with Crippen LogP contribution in [0.15, 0.2) is 18.2 Å². The molecular weight excluding hydrogens is 300 g/mol. The number of cyclic esters (lactones) is 4. The predicted octanol–water partition coefficient (Wildman–Crippen LogP) is 1.36. The Bertz CT molecular complexity index is 764. The fourth-order valence-electron chi connectivity index (χ4n) is 3.99. The lowest BCUT2D eigenvalue weighted by Gasteiger charge is -2.33. The minimum Gasteiger partial charge on any atom is -0.393 e. The summed E-state index contributed by atoms with van der Waals surface area (Å²) in [7, 11) is 0. The lowest BCUT2D eigenvalue weighted by Crippen LogP contribution is -2.31. The van der Waals surface area contributed by atoms with Crippen LogP contribution in [0.4, 0.5) is 0 Å². The number of rotatable bonds is 1. The van der Waals surface area contributed by atoms with Crippen molar-refractivity contribution in [2.24, 2.45) is 11.8 Å². The van der Waals surface area contributed by atoms with Gasteiger partial charge in [-0.05, 0) is 30.4 Å². The quantitative estimate of drug-likeness (QED) is 0.574. The summed E-state index contributed by atoms with van der Waals surface area (Å²) in [5.41, 5.74) is 2.55. The molecule has 2 aliphatic heterocycles. The van der Waals surface area contributed by atoms with Gasteiger partial charge in [-0.3, -0.25) is 19.2 Å². The molecule has 4 unspecified atom stereocenters.